The number of likely N-dealkylation sites (tertiary alicyclic amines) is 1. The Labute approximate surface area is 170 Å². The van der Waals surface area contributed by atoms with Gasteiger partial charge in [0.2, 0.25) is 18.6 Å². The van der Waals surface area contributed by atoms with Gasteiger partial charge in [-0.05, 0) is 36.8 Å². The quantitative estimate of drug-likeness (QED) is 0.721. The molecule has 2 amide bonds. The average Bonchev–Trinajstić information content (AvgIpc) is 3.00. The lowest BCUT2D eigenvalue weighted by molar-refractivity contribution is -0.131. The first-order chi connectivity index (χ1) is 13.3. The van der Waals surface area contributed by atoms with Crippen LogP contribution < -0.4 is 20.5 Å². The van der Waals surface area contributed by atoms with Crippen LogP contribution in [0.5, 0.6) is 11.5 Å². The minimum Gasteiger partial charge on any atom is -0.454 e. The van der Waals surface area contributed by atoms with E-state index < -0.39 is 0 Å². The van der Waals surface area contributed by atoms with Crippen LogP contribution in [0.2, 0.25) is 5.02 Å². The molecule has 2 heterocycles. The van der Waals surface area contributed by atoms with E-state index in [1.165, 1.54) is 0 Å². The first kappa shape index (κ1) is 20.7. The molecule has 0 spiro atoms. The lowest BCUT2D eigenvalue weighted by Crippen LogP contribution is -2.47. The van der Waals surface area contributed by atoms with E-state index in [4.69, 9.17) is 26.8 Å². The summed E-state index contributed by atoms with van der Waals surface area (Å²) in [5, 5.41) is 3.92. The van der Waals surface area contributed by atoms with Crippen molar-refractivity contribution in [2.75, 3.05) is 13.3 Å². The number of nitrogens with two attached hydrogens (primary N) is 1. The molecule has 0 bridgehead atoms. The number of carbonyl (C=O) groups is 2. The van der Waals surface area contributed by atoms with Crippen molar-refractivity contribution >= 4 is 23.4 Å². The minimum atomic E-state index is -0.366. The number of carbonyl (C=O) groups excluding carboxylic acids is 2. The number of ether oxygens (including phenoxy) is 2. The number of halogens is 1. The molecule has 7 nitrogen and oxygen atoms in total. The van der Waals surface area contributed by atoms with Gasteiger partial charge in [0.05, 0.1) is 6.04 Å². The van der Waals surface area contributed by atoms with Gasteiger partial charge in [-0.3, -0.25) is 9.59 Å². The first-order valence-corrected chi connectivity index (χ1v) is 10.1. The van der Waals surface area contributed by atoms with E-state index in [1.807, 2.05) is 11.0 Å². The van der Waals surface area contributed by atoms with Gasteiger partial charge in [0.15, 0.2) is 11.5 Å². The maximum absolute atomic E-state index is 12.6. The average molecular weight is 410 g/mol. The van der Waals surface area contributed by atoms with Gasteiger partial charge in [-0.2, -0.15) is 0 Å². The van der Waals surface area contributed by atoms with E-state index in [0.717, 1.165) is 12.0 Å². The molecule has 0 unspecified atom stereocenters. The molecule has 1 aromatic carbocycles. The highest BCUT2D eigenvalue weighted by Crippen LogP contribution is 2.37. The Morgan fingerprint density at radius 3 is 2.71 bits per heavy atom. The predicted molar refractivity (Wildman–Crippen MR) is 106 cm³/mol. The van der Waals surface area contributed by atoms with Gasteiger partial charge in [-0.15, -0.1) is 0 Å². The molecule has 3 N–H and O–H groups in total. The first-order valence-electron chi connectivity index (χ1n) is 9.74. The number of hydrogen-bond donors (Lipinski definition) is 2. The van der Waals surface area contributed by atoms with Crippen molar-refractivity contribution in [3.8, 4) is 11.5 Å². The lowest BCUT2D eigenvalue weighted by Gasteiger charge is -2.24. The summed E-state index contributed by atoms with van der Waals surface area (Å²) in [4.78, 5) is 26.2. The Morgan fingerprint density at radius 2 is 2.04 bits per heavy atom. The highest BCUT2D eigenvalue weighted by Gasteiger charge is 2.27. The zero-order chi connectivity index (χ0) is 20.3. The van der Waals surface area contributed by atoms with Crippen molar-refractivity contribution in [3.63, 3.8) is 0 Å². The number of primary amides is 1. The topological polar surface area (TPSA) is 93.9 Å². The Kier molecular flexibility index (Phi) is 6.67. The summed E-state index contributed by atoms with van der Waals surface area (Å²) in [6.07, 6.45) is 2.56. The highest BCUT2D eigenvalue weighted by atomic mass is 35.5. The maximum Gasteiger partial charge on any atom is 0.234 e. The Hall–Kier alpha value is -1.99. The van der Waals surface area contributed by atoms with Crippen LogP contribution in [0.15, 0.2) is 12.1 Å². The van der Waals surface area contributed by atoms with Crippen LogP contribution in [0.25, 0.3) is 0 Å². The van der Waals surface area contributed by atoms with Gasteiger partial charge in [-0.1, -0.05) is 25.4 Å². The molecule has 1 fully saturated rings. The van der Waals surface area contributed by atoms with E-state index >= 15 is 0 Å². The largest absolute Gasteiger partial charge is 0.454 e. The monoisotopic (exact) mass is 409 g/mol. The fraction of sp³-hybridized carbons (Fsp3) is 0.600. The maximum atomic E-state index is 12.6. The second-order valence-corrected chi connectivity index (χ2v) is 8.29. The summed E-state index contributed by atoms with van der Waals surface area (Å²) in [5.41, 5.74) is 6.38. The van der Waals surface area contributed by atoms with Crippen molar-refractivity contribution in [2.24, 2.45) is 11.7 Å². The number of fused-ring (bicyclic) bond motifs is 1. The summed E-state index contributed by atoms with van der Waals surface area (Å²) in [6, 6.07) is 3.28. The molecule has 28 heavy (non-hydrogen) atoms. The summed E-state index contributed by atoms with van der Waals surface area (Å²) in [5.74, 6) is 1.38. The molecule has 0 radical (unpaired) electrons. The molecule has 3 rings (SSSR count). The molecule has 2 aliphatic rings. The van der Waals surface area contributed by atoms with Crippen LogP contribution in [-0.4, -0.2) is 42.1 Å². The molecule has 0 aliphatic carbocycles. The van der Waals surface area contributed by atoms with E-state index in [1.54, 1.807) is 6.07 Å². The summed E-state index contributed by atoms with van der Waals surface area (Å²) < 4.78 is 10.7. The zero-order valence-corrected chi connectivity index (χ0v) is 17.1. The highest BCUT2D eigenvalue weighted by molar-refractivity contribution is 6.31. The van der Waals surface area contributed by atoms with Gasteiger partial charge in [0, 0.05) is 36.6 Å². The molecule has 0 aromatic heterocycles. The SMILES string of the molecule is CC(C)C[C@H](N[C@H]1CCC(=O)N(Cc2cc3c(cc2Cl)OCO3)CC1)C(N)=O. The third-order valence-corrected chi connectivity index (χ3v) is 5.55. The van der Waals surface area contributed by atoms with Gasteiger partial charge in [0.25, 0.3) is 0 Å². The Morgan fingerprint density at radius 1 is 1.32 bits per heavy atom. The second-order valence-electron chi connectivity index (χ2n) is 7.89. The molecule has 1 aromatic rings. The van der Waals surface area contributed by atoms with Crippen LogP contribution in [-0.2, 0) is 16.1 Å². The third-order valence-electron chi connectivity index (χ3n) is 5.20. The van der Waals surface area contributed by atoms with E-state index in [9.17, 15) is 9.59 Å². The number of rotatable bonds is 7. The number of benzene rings is 1. The zero-order valence-electron chi connectivity index (χ0n) is 16.4. The van der Waals surface area contributed by atoms with Crippen LogP contribution >= 0.6 is 11.6 Å². The van der Waals surface area contributed by atoms with Gasteiger partial charge in [-0.25, -0.2) is 0 Å². The van der Waals surface area contributed by atoms with Crippen molar-refractivity contribution in [1.29, 1.82) is 0 Å². The van der Waals surface area contributed by atoms with Gasteiger partial charge in [0.1, 0.15) is 0 Å². The summed E-state index contributed by atoms with van der Waals surface area (Å²) in [7, 11) is 0. The molecule has 8 heteroatoms. The lowest BCUT2D eigenvalue weighted by atomic mass is 10.0. The van der Waals surface area contributed by atoms with Crippen molar-refractivity contribution in [3.05, 3.63) is 22.7 Å². The summed E-state index contributed by atoms with van der Waals surface area (Å²) in [6.45, 7) is 5.32. The smallest absolute Gasteiger partial charge is 0.234 e. The standard InChI is InChI=1S/C20H28ClN3O4/c1-12(2)7-16(20(22)26)23-14-3-4-19(25)24(6-5-14)10-13-8-17-18(9-15(13)21)28-11-27-17/h8-9,12,14,16,23H,3-7,10-11H2,1-2H3,(H2,22,26)/t14-,16-/m0/s1. The second kappa shape index (κ2) is 9.01. The van der Waals surface area contributed by atoms with Crippen LogP contribution in [0.1, 0.15) is 45.1 Å². The molecule has 2 aliphatic heterocycles. The number of amides is 2. The fourth-order valence-corrected chi connectivity index (χ4v) is 3.89. The molecule has 1 saturated heterocycles. The number of nitrogens with one attached hydrogen (secondary N) is 1. The molecular formula is C20H28ClN3O4. The van der Waals surface area contributed by atoms with Gasteiger partial charge >= 0.3 is 0 Å². The minimum absolute atomic E-state index is 0.0809. The van der Waals surface area contributed by atoms with Crippen LogP contribution in [0, 0.1) is 5.92 Å². The number of nitrogens with zero attached hydrogens (tertiary/aromatic N) is 1. The summed E-state index contributed by atoms with van der Waals surface area (Å²) >= 11 is 6.36. The van der Waals surface area contributed by atoms with Crippen molar-refractivity contribution < 1.29 is 19.1 Å². The van der Waals surface area contributed by atoms with Crippen molar-refractivity contribution in [1.82, 2.24) is 10.2 Å². The fourth-order valence-electron chi connectivity index (χ4n) is 3.68. The van der Waals surface area contributed by atoms with Crippen molar-refractivity contribution in [2.45, 2.75) is 58.2 Å². The molecule has 0 saturated carbocycles. The molecular weight excluding hydrogens is 382 g/mol. The molecule has 2 atom stereocenters. The third kappa shape index (κ3) is 5.08. The van der Waals surface area contributed by atoms with Crippen LogP contribution in [0.3, 0.4) is 0 Å². The van der Waals surface area contributed by atoms with E-state index in [2.05, 4.69) is 19.2 Å². The van der Waals surface area contributed by atoms with Crippen LogP contribution in [0.4, 0.5) is 0 Å². The van der Waals surface area contributed by atoms with E-state index in [0.29, 0.717) is 54.8 Å². The number of hydrogen-bond acceptors (Lipinski definition) is 5. The Balaban J connectivity index is 1.63. The predicted octanol–water partition coefficient (Wildman–Crippen LogP) is 2.44. The molecule has 154 valence electrons. The Bertz CT molecular complexity index is 740. The normalized spacial score (nSPS) is 20.4. The van der Waals surface area contributed by atoms with Gasteiger partial charge < -0.3 is 25.4 Å². The van der Waals surface area contributed by atoms with E-state index in [-0.39, 0.29) is 30.7 Å².